The lowest BCUT2D eigenvalue weighted by molar-refractivity contribution is -0.119. The number of rotatable bonds is 5. The van der Waals surface area contributed by atoms with Gasteiger partial charge in [-0.3, -0.25) is 14.4 Å². The van der Waals surface area contributed by atoms with E-state index in [1.54, 1.807) is 10.9 Å². The molecule has 0 bridgehead atoms. The van der Waals surface area contributed by atoms with Gasteiger partial charge in [0.05, 0.1) is 13.2 Å². The number of hydrogen-bond acceptors (Lipinski definition) is 4. The number of aryl methyl sites for hydroxylation is 1. The zero-order valence-electron chi connectivity index (χ0n) is 14.2. The Bertz CT molecular complexity index is 692. The Hall–Kier alpha value is -2.18. The van der Waals surface area contributed by atoms with E-state index in [2.05, 4.69) is 21.4 Å². The standard InChI is InChI=1S/C18H24N4O2/c1-14-6-7-19-22(14)15(2)18(23)20-17-5-3-4-16(12-17)13-21-8-10-24-11-9-21/h3-7,12,15H,8-11,13H2,1-2H3,(H,20,23). The molecule has 0 radical (unpaired) electrons. The number of ether oxygens (including phenoxy) is 1. The normalized spacial score (nSPS) is 16.8. The Morgan fingerprint density at radius 1 is 1.33 bits per heavy atom. The monoisotopic (exact) mass is 328 g/mol. The molecule has 0 aliphatic carbocycles. The number of morpholine rings is 1. The number of anilines is 1. The molecule has 1 unspecified atom stereocenters. The molecule has 1 N–H and O–H groups in total. The van der Waals surface area contributed by atoms with Crippen LogP contribution in [0.15, 0.2) is 36.5 Å². The van der Waals surface area contributed by atoms with Crippen molar-refractivity contribution in [2.75, 3.05) is 31.6 Å². The maximum Gasteiger partial charge on any atom is 0.248 e. The van der Waals surface area contributed by atoms with Crippen LogP contribution in [0.3, 0.4) is 0 Å². The minimum atomic E-state index is -0.345. The van der Waals surface area contributed by atoms with E-state index in [0.717, 1.165) is 44.2 Å². The highest BCUT2D eigenvalue weighted by Gasteiger charge is 2.17. The molecule has 0 saturated carbocycles. The molecule has 1 aliphatic heterocycles. The largest absolute Gasteiger partial charge is 0.379 e. The first-order valence-corrected chi connectivity index (χ1v) is 8.33. The third-order valence-corrected chi connectivity index (χ3v) is 4.32. The summed E-state index contributed by atoms with van der Waals surface area (Å²) in [7, 11) is 0. The SMILES string of the molecule is Cc1ccnn1C(C)C(=O)Nc1cccc(CN2CCOCC2)c1. The summed E-state index contributed by atoms with van der Waals surface area (Å²) in [6.07, 6.45) is 1.71. The first kappa shape index (κ1) is 16.7. The van der Waals surface area contributed by atoms with Crippen LogP contribution in [0.5, 0.6) is 0 Å². The summed E-state index contributed by atoms with van der Waals surface area (Å²) in [5.41, 5.74) is 2.98. The van der Waals surface area contributed by atoms with Gasteiger partial charge in [0.2, 0.25) is 5.91 Å². The van der Waals surface area contributed by atoms with Crippen LogP contribution in [0.25, 0.3) is 0 Å². The Morgan fingerprint density at radius 3 is 2.83 bits per heavy atom. The number of hydrogen-bond donors (Lipinski definition) is 1. The number of amides is 1. The molecule has 6 nitrogen and oxygen atoms in total. The third-order valence-electron chi connectivity index (χ3n) is 4.32. The summed E-state index contributed by atoms with van der Waals surface area (Å²) < 4.78 is 7.11. The Labute approximate surface area is 142 Å². The van der Waals surface area contributed by atoms with Crippen LogP contribution in [0.4, 0.5) is 5.69 Å². The lowest BCUT2D eigenvalue weighted by Gasteiger charge is -2.26. The van der Waals surface area contributed by atoms with Gasteiger partial charge in [-0.1, -0.05) is 12.1 Å². The van der Waals surface area contributed by atoms with E-state index in [1.807, 2.05) is 38.1 Å². The van der Waals surface area contributed by atoms with Crippen LogP contribution in [0.2, 0.25) is 0 Å². The number of carbonyl (C=O) groups excluding carboxylic acids is 1. The zero-order valence-corrected chi connectivity index (χ0v) is 14.2. The van der Waals surface area contributed by atoms with Gasteiger partial charge in [0.15, 0.2) is 0 Å². The van der Waals surface area contributed by atoms with E-state index in [9.17, 15) is 4.79 Å². The first-order chi connectivity index (χ1) is 11.6. The second-order valence-corrected chi connectivity index (χ2v) is 6.17. The minimum absolute atomic E-state index is 0.0645. The van der Waals surface area contributed by atoms with E-state index in [4.69, 9.17) is 4.74 Å². The molecular weight excluding hydrogens is 304 g/mol. The molecule has 1 saturated heterocycles. The van der Waals surface area contributed by atoms with Crippen LogP contribution in [0, 0.1) is 6.92 Å². The van der Waals surface area contributed by atoms with Crippen molar-refractivity contribution in [2.24, 2.45) is 0 Å². The molecular formula is C18H24N4O2. The lowest BCUT2D eigenvalue weighted by Crippen LogP contribution is -2.35. The molecule has 2 aromatic rings. The average molecular weight is 328 g/mol. The van der Waals surface area contributed by atoms with E-state index in [-0.39, 0.29) is 11.9 Å². The van der Waals surface area contributed by atoms with E-state index in [1.165, 1.54) is 5.56 Å². The van der Waals surface area contributed by atoms with Crippen molar-refractivity contribution in [1.82, 2.24) is 14.7 Å². The number of carbonyl (C=O) groups is 1. The van der Waals surface area contributed by atoms with Gasteiger partial charge in [-0.25, -0.2) is 0 Å². The van der Waals surface area contributed by atoms with Gasteiger partial charge in [-0.2, -0.15) is 5.10 Å². The maximum absolute atomic E-state index is 12.5. The molecule has 1 aromatic carbocycles. The van der Waals surface area contributed by atoms with Crippen LogP contribution >= 0.6 is 0 Å². The van der Waals surface area contributed by atoms with Gasteiger partial charge in [-0.15, -0.1) is 0 Å². The first-order valence-electron chi connectivity index (χ1n) is 8.33. The third kappa shape index (κ3) is 4.01. The highest BCUT2D eigenvalue weighted by Crippen LogP contribution is 2.16. The molecule has 1 atom stereocenters. The smallest absolute Gasteiger partial charge is 0.248 e. The second-order valence-electron chi connectivity index (χ2n) is 6.17. The van der Waals surface area contributed by atoms with Gasteiger partial charge < -0.3 is 10.1 Å². The minimum Gasteiger partial charge on any atom is -0.379 e. The van der Waals surface area contributed by atoms with Crippen molar-refractivity contribution in [3.8, 4) is 0 Å². The number of nitrogens with zero attached hydrogens (tertiary/aromatic N) is 3. The van der Waals surface area contributed by atoms with E-state index >= 15 is 0 Å². The fraction of sp³-hybridized carbons (Fsp3) is 0.444. The summed E-state index contributed by atoms with van der Waals surface area (Å²) in [4.78, 5) is 14.8. The van der Waals surface area contributed by atoms with Crippen molar-refractivity contribution in [3.05, 3.63) is 47.8 Å². The van der Waals surface area contributed by atoms with Crippen molar-refractivity contribution in [1.29, 1.82) is 0 Å². The molecule has 2 heterocycles. The van der Waals surface area contributed by atoms with Gasteiger partial charge in [0.1, 0.15) is 6.04 Å². The highest BCUT2D eigenvalue weighted by atomic mass is 16.5. The van der Waals surface area contributed by atoms with E-state index in [0.29, 0.717) is 0 Å². The predicted molar refractivity (Wildman–Crippen MR) is 92.8 cm³/mol. The summed E-state index contributed by atoms with van der Waals surface area (Å²) >= 11 is 0. The van der Waals surface area contributed by atoms with Gasteiger partial charge >= 0.3 is 0 Å². The quantitative estimate of drug-likeness (QED) is 0.914. The maximum atomic E-state index is 12.5. The Morgan fingerprint density at radius 2 is 2.12 bits per heavy atom. The van der Waals surface area contributed by atoms with Crippen LogP contribution in [-0.4, -0.2) is 46.9 Å². The van der Waals surface area contributed by atoms with Gasteiger partial charge in [0, 0.05) is 37.2 Å². The molecule has 6 heteroatoms. The van der Waals surface area contributed by atoms with Crippen molar-refractivity contribution in [2.45, 2.75) is 26.4 Å². The second kappa shape index (κ2) is 7.59. The fourth-order valence-electron chi connectivity index (χ4n) is 2.91. The molecule has 1 fully saturated rings. The van der Waals surface area contributed by atoms with Gasteiger partial charge in [-0.05, 0) is 37.6 Å². The van der Waals surface area contributed by atoms with Crippen LogP contribution in [0.1, 0.15) is 24.2 Å². The molecule has 0 spiro atoms. The summed E-state index contributed by atoms with van der Waals surface area (Å²) in [5.74, 6) is -0.0645. The van der Waals surface area contributed by atoms with Crippen molar-refractivity contribution < 1.29 is 9.53 Å². The Kier molecular flexibility index (Phi) is 5.27. The van der Waals surface area contributed by atoms with E-state index < -0.39 is 0 Å². The zero-order chi connectivity index (χ0) is 16.9. The van der Waals surface area contributed by atoms with Gasteiger partial charge in [0.25, 0.3) is 0 Å². The highest BCUT2D eigenvalue weighted by molar-refractivity contribution is 5.93. The summed E-state index contributed by atoms with van der Waals surface area (Å²) in [5, 5.41) is 7.20. The molecule has 1 aromatic heterocycles. The Balaban J connectivity index is 1.63. The molecule has 1 aliphatic rings. The summed E-state index contributed by atoms with van der Waals surface area (Å²) in [6.45, 7) is 8.15. The number of benzene rings is 1. The number of aromatic nitrogens is 2. The lowest BCUT2D eigenvalue weighted by atomic mass is 10.1. The van der Waals surface area contributed by atoms with Crippen LogP contribution in [-0.2, 0) is 16.1 Å². The molecule has 24 heavy (non-hydrogen) atoms. The predicted octanol–water partition coefficient (Wildman–Crippen LogP) is 2.22. The molecule has 3 rings (SSSR count). The molecule has 1 amide bonds. The summed E-state index contributed by atoms with van der Waals surface area (Å²) in [6, 6.07) is 9.58. The van der Waals surface area contributed by atoms with Crippen molar-refractivity contribution in [3.63, 3.8) is 0 Å². The topological polar surface area (TPSA) is 59.4 Å². The average Bonchev–Trinajstić information content (AvgIpc) is 3.01. The molecule has 128 valence electrons. The number of nitrogens with one attached hydrogen (secondary N) is 1. The van der Waals surface area contributed by atoms with Crippen molar-refractivity contribution >= 4 is 11.6 Å². The fourth-order valence-corrected chi connectivity index (χ4v) is 2.91. The van der Waals surface area contributed by atoms with Crippen LogP contribution < -0.4 is 5.32 Å².